The van der Waals surface area contributed by atoms with E-state index in [4.69, 9.17) is 34.2 Å². The average Bonchev–Trinajstić information content (AvgIpc) is 3.64. The van der Waals surface area contributed by atoms with Crippen LogP contribution in [0, 0.1) is 26.7 Å². The Morgan fingerprint density at radius 1 is 1.02 bits per heavy atom. The molecule has 3 aromatic rings. The van der Waals surface area contributed by atoms with Crippen molar-refractivity contribution in [2.24, 2.45) is 5.92 Å². The highest BCUT2D eigenvalue weighted by atomic mass is 16.5. The molecule has 0 amide bonds. The zero-order valence-electron chi connectivity index (χ0n) is 24.8. The molecule has 13 heteroatoms. The molecule has 1 aliphatic rings. The van der Waals surface area contributed by atoms with Crippen LogP contribution in [-0.2, 0) is 33.8 Å². The summed E-state index contributed by atoms with van der Waals surface area (Å²) >= 11 is 0. The number of ether oxygens (including phenoxy) is 1. The number of nitrogens with zero attached hydrogens (tertiary/aromatic N) is 2. The summed E-state index contributed by atoms with van der Waals surface area (Å²) in [5, 5.41) is 45.7. The third kappa shape index (κ3) is 9.38. The Morgan fingerprint density at radius 3 is 2.26 bits per heavy atom. The maximum atomic E-state index is 10.3. The normalized spacial score (nSPS) is 16.4. The van der Waals surface area contributed by atoms with Gasteiger partial charge in [0.15, 0.2) is 5.60 Å². The number of hydrogen-bond donors (Lipinski definition) is 5. The Balaban J connectivity index is 0.000000331. The summed E-state index contributed by atoms with van der Waals surface area (Å²) in [6, 6.07) is 9.00. The molecular weight excluding hydrogens is 562 g/mol. The lowest BCUT2D eigenvalue weighted by molar-refractivity contribution is -0.170. The van der Waals surface area contributed by atoms with Gasteiger partial charge in [0.2, 0.25) is 0 Å². The fraction of sp³-hybridized carbons (Fsp3) is 0.500. The molecule has 4 rings (SSSR count). The number of carboxylic acid groups (broad SMARTS) is 3. The number of rotatable bonds is 13. The molecule has 1 aromatic carbocycles. The highest BCUT2D eigenvalue weighted by molar-refractivity contribution is 5.88. The van der Waals surface area contributed by atoms with Crippen molar-refractivity contribution >= 4 is 17.9 Å². The molecule has 1 fully saturated rings. The number of carbonyl (C=O) groups is 3. The number of nitrogens with one attached hydrogen (secondary N) is 1. The van der Waals surface area contributed by atoms with Gasteiger partial charge in [-0.2, -0.15) is 0 Å². The molecule has 0 aliphatic heterocycles. The van der Waals surface area contributed by atoms with Gasteiger partial charge in [-0.1, -0.05) is 28.9 Å². The molecule has 2 heterocycles. The first-order valence-corrected chi connectivity index (χ1v) is 13.9. The molecule has 5 N–H and O–H groups in total. The van der Waals surface area contributed by atoms with Gasteiger partial charge >= 0.3 is 17.9 Å². The van der Waals surface area contributed by atoms with Crippen molar-refractivity contribution in [2.45, 2.75) is 83.9 Å². The van der Waals surface area contributed by atoms with Gasteiger partial charge in [0, 0.05) is 37.1 Å². The number of aromatic nitrogens is 2. The van der Waals surface area contributed by atoms with E-state index < -0.39 is 36.4 Å². The second-order valence-electron chi connectivity index (χ2n) is 10.9. The standard InChI is InChI=1S/C24H31N3O3.C6H8O7/c1-15-10-21(30-26-15)12-19-6-5-7-23(19)25-14-18-8-9-24(28-4)20(11-18)13-22-16(2)27-29-17(22)3;7-3(8)1-6(13,5(11)12)2-4(9)10/h8-11,19,23,25H,5-7,12-14H2,1-4H3;13H,1-2H2,(H,7,8)(H,9,10)(H,11,12)/t19-,23+;/m0./s1. The molecular formula is C30H39N3O10. The summed E-state index contributed by atoms with van der Waals surface area (Å²) in [5.41, 5.74) is 2.71. The van der Waals surface area contributed by atoms with Crippen LogP contribution in [0.3, 0.4) is 0 Å². The molecule has 2 atom stereocenters. The van der Waals surface area contributed by atoms with Gasteiger partial charge in [0.05, 0.1) is 31.3 Å². The van der Waals surface area contributed by atoms with Gasteiger partial charge < -0.3 is 39.5 Å². The van der Waals surface area contributed by atoms with Gasteiger partial charge in [0.25, 0.3) is 0 Å². The fourth-order valence-corrected chi connectivity index (χ4v) is 5.31. The molecule has 0 radical (unpaired) electrons. The number of methoxy groups -OCH3 is 1. The molecule has 43 heavy (non-hydrogen) atoms. The zero-order valence-corrected chi connectivity index (χ0v) is 24.8. The van der Waals surface area contributed by atoms with E-state index >= 15 is 0 Å². The lowest BCUT2D eigenvalue weighted by Crippen LogP contribution is -2.42. The van der Waals surface area contributed by atoms with E-state index in [0.29, 0.717) is 12.0 Å². The Morgan fingerprint density at radius 2 is 1.72 bits per heavy atom. The minimum absolute atomic E-state index is 0.503. The quantitative estimate of drug-likeness (QED) is 0.191. The van der Waals surface area contributed by atoms with Gasteiger partial charge in [-0.15, -0.1) is 0 Å². The van der Waals surface area contributed by atoms with E-state index in [0.717, 1.165) is 59.2 Å². The summed E-state index contributed by atoms with van der Waals surface area (Å²) in [6.07, 6.45) is 3.13. The first-order chi connectivity index (χ1) is 20.3. The van der Waals surface area contributed by atoms with Gasteiger partial charge in [0.1, 0.15) is 17.3 Å². The molecule has 0 bridgehead atoms. The van der Waals surface area contributed by atoms with Crippen molar-refractivity contribution in [1.82, 2.24) is 15.6 Å². The topological polar surface area (TPSA) is 205 Å². The van der Waals surface area contributed by atoms with E-state index in [1.165, 1.54) is 24.8 Å². The first-order valence-electron chi connectivity index (χ1n) is 13.9. The summed E-state index contributed by atoms with van der Waals surface area (Å²) in [6.45, 7) is 6.76. The summed E-state index contributed by atoms with van der Waals surface area (Å²) < 4.78 is 16.4. The number of carboxylic acids is 3. The fourth-order valence-electron chi connectivity index (χ4n) is 5.31. The van der Waals surface area contributed by atoms with Crippen molar-refractivity contribution in [3.05, 3.63) is 63.9 Å². The molecule has 0 saturated heterocycles. The van der Waals surface area contributed by atoms with Crippen LogP contribution in [-0.4, -0.2) is 67.4 Å². The minimum atomic E-state index is -2.74. The Kier molecular flexibility index (Phi) is 11.4. The third-order valence-electron chi connectivity index (χ3n) is 7.55. The maximum Gasteiger partial charge on any atom is 0.336 e. The SMILES string of the molecule is COc1ccc(CN[C@@H]2CCC[C@H]2Cc2cc(C)no2)cc1Cc1c(C)noc1C.O=C(O)CC(O)(CC(=O)O)C(=O)O. The van der Waals surface area contributed by atoms with Crippen molar-refractivity contribution < 1.29 is 48.6 Å². The van der Waals surface area contributed by atoms with Crippen molar-refractivity contribution in [3.8, 4) is 5.75 Å². The maximum absolute atomic E-state index is 10.3. The van der Waals surface area contributed by atoms with Gasteiger partial charge in [-0.25, -0.2) is 4.79 Å². The Labute approximate surface area is 248 Å². The Hall–Kier alpha value is -4.23. The second-order valence-corrected chi connectivity index (χ2v) is 10.9. The van der Waals surface area contributed by atoms with E-state index in [1.54, 1.807) is 7.11 Å². The number of aliphatic carboxylic acids is 3. The van der Waals surface area contributed by atoms with Crippen LogP contribution in [0.1, 0.15) is 71.7 Å². The molecule has 1 saturated carbocycles. The molecule has 0 unspecified atom stereocenters. The van der Waals surface area contributed by atoms with Gasteiger partial charge in [-0.3, -0.25) is 9.59 Å². The smallest absolute Gasteiger partial charge is 0.336 e. The van der Waals surface area contributed by atoms with Crippen LogP contribution < -0.4 is 10.1 Å². The minimum Gasteiger partial charge on any atom is -0.496 e. The van der Waals surface area contributed by atoms with E-state index in [-0.39, 0.29) is 0 Å². The van der Waals surface area contributed by atoms with Gasteiger partial charge in [-0.05, 0) is 56.7 Å². The third-order valence-corrected chi connectivity index (χ3v) is 7.55. The van der Waals surface area contributed by atoms with Crippen LogP contribution in [0.15, 0.2) is 33.3 Å². The van der Waals surface area contributed by atoms with Crippen LogP contribution in [0.2, 0.25) is 0 Å². The van der Waals surface area contributed by atoms with Crippen molar-refractivity contribution in [3.63, 3.8) is 0 Å². The molecule has 234 valence electrons. The van der Waals surface area contributed by atoms with E-state index in [1.807, 2.05) is 20.8 Å². The summed E-state index contributed by atoms with van der Waals surface area (Å²) in [4.78, 5) is 30.5. The lowest BCUT2D eigenvalue weighted by Gasteiger charge is -2.20. The van der Waals surface area contributed by atoms with Crippen molar-refractivity contribution in [2.75, 3.05) is 7.11 Å². The Bertz CT molecular complexity index is 1380. The molecule has 0 spiro atoms. The number of aryl methyl sites for hydroxylation is 3. The lowest BCUT2D eigenvalue weighted by atomic mass is 9.96. The van der Waals surface area contributed by atoms with Crippen molar-refractivity contribution in [1.29, 1.82) is 0 Å². The number of aliphatic hydroxyl groups is 1. The largest absolute Gasteiger partial charge is 0.496 e. The highest BCUT2D eigenvalue weighted by Gasteiger charge is 2.40. The van der Waals surface area contributed by atoms with E-state index in [9.17, 15) is 14.4 Å². The summed E-state index contributed by atoms with van der Waals surface area (Å²) in [5.74, 6) is -1.66. The second kappa shape index (κ2) is 14.8. The van der Waals surface area contributed by atoms with Crippen LogP contribution in [0.5, 0.6) is 5.75 Å². The molecule has 13 nitrogen and oxygen atoms in total. The zero-order chi connectivity index (χ0) is 31.7. The van der Waals surface area contributed by atoms with Crippen LogP contribution in [0.25, 0.3) is 0 Å². The predicted molar refractivity (Wildman–Crippen MR) is 152 cm³/mol. The predicted octanol–water partition coefficient (Wildman–Crippen LogP) is 3.44. The molecule has 2 aromatic heterocycles. The molecule has 1 aliphatic carbocycles. The van der Waals surface area contributed by atoms with Crippen LogP contribution in [0.4, 0.5) is 0 Å². The number of benzene rings is 1. The number of hydrogen-bond acceptors (Lipinski definition) is 10. The van der Waals surface area contributed by atoms with E-state index in [2.05, 4.69) is 39.9 Å². The first kappa shape index (κ1) is 33.3. The van der Waals surface area contributed by atoms with Crippen LogP contribution >= 0.6 is 0 Å². The average molecular weight is 602 g/mol. The highest BCUT2D eigenvalue weighted by Crippen LogP contribution is 2.30. The monoisotopic (exact) mass is 601 g/mol. The summed E-state index contributed by atoms with van der Waals surface area (Å²) in [7, 11) is 1.72.